The lowest BCUT2D eigenvalue weighted by atomic mass is 10.1. The van der Waals surface area contributed by atoms with Gasteiger partial charge in [0, 0.05) is 7.05 Å². The fourth-order valence-corrected chi connectivity index (χ4v) is 0.927. The molecule has 0 aliphatic rings. The molecule has 92 valence electrons. The maximum Gasteiger partial charge on any atom is 0.325 e. The predicted octanol–water partition coefficient (Wildman–Crippen LogP) is -1.34. The number of hydrogen-bond donors (Lipinski definition) is 3. The monoisotopic (exact) mass is 230 g/mol. The molecule has 0 aromatic rings. The summed E-state index contributed by atoms with van der Waals surface area (Å²) in [7, 11) is 1.49. The van der Waals surface area contributed by atoms with Crippen molar-refractivity contribution < 1.29 is 14.3 Å². The lowest BCUT2D eigenvalue weighted by Crippen LogP contribution is -2.44. The maximum atomic E-state index is 11.3. The smallest absolute Gasteiger partial charge is 0.325 e. The van der Waals surface area contributed by atoms with E-state index in [1.54, 1.807) is 0 Å². The SMILES string of the molecule is CC(=O)C(N)C(C)OC(=O)CN(C)C(=N)N. The number of nitrogens with one attached hydrogen (secondary N) is 1. The molecule has 0 saturated heterocycles. The van der Waals surface area contributed by atoms with Crippen LogP contribution >= 0.6 is 0 Å². The van der Waals surface area contributed by atoms with Crippen molar-refractivity contribution in [3.05, 3.63) is 0 Å². The van der Waals surface area contributed by atoms with Gasteiger partial charge in [0.05, 0.1) is 0 Å². The molecule has 0 aromatic heterocycles. The van der Waals surface area contributed by atoms with E-state index in [1.165, 1.54) is 25.8 Å². The molecule has 5 N–H and O–H groups in total. The third-order valence-corrected chi connectivity index (χ3v) is 2.07. The number of ketones is 1. The summed E-state index contributed by atoms with van der Waals surface area (Å²) >= 11 is 0. The van der Waals surface area contributed by atoms with E-state index in [9.17, 15) is 9.59 Å². The molecule has 0 heterocycles. The average molecular weight is 230 g/mol. The first-order valence-electron chi connectivity index (χ1n) is 4.76. The topological polar surface area (TPSA) is 123 Å². The van der Waals surface area contributed by atoms with Crippen molar-refractivity contribution in [3.63, 3.8) is 0 Å². The summed E-state index contributed by atoms with van der Waals surface area (Å²) in [6.45, 7) is 2.72. The van der Waals surface area contributed by atoms with Crippen molar-refractivity contribution in [1.29, 1.82) is 5.41 Å². The Kier molecular flexibility index (Phi) is 5.44. The molecule has 0 saturated carbocycles. The van der Waals surface area contributed by atoms with Crippen molar-refractivity contribution in [2.75, 3.05) is 13.6 Å². The third-order valence-electron chi connectivity index (χ3n) is 2.07. The molecule has 2 unspecified atom stereocenters. The Bertz CT molecular complexity index is 292. The van der Waals surface area contributed by atoms with E-state index >= 15 is 0 Å². The number of guanidine groups is 1. The molecular formula is C9H18N4O3. The molecule has 2 atom stereocenters. The van der Waals surface area contributed by atoms with Crippen LogP contribution in [0.15, 0.2) is 0 Å². The van der Waals surface area contributed by atoms with E-state index in [-0.39, 0.29) is 18.3 Å². The van der Waals surface area contributed by atoms with Gasteiger partial charge in [-0.15, -0.1) is 0 Å². The van der Waals surface area contributed by atoms with Crippen LogP contribution in [0.1, 0.15) is 13.8 Å². The number of likely N-dealkylation sites (N-methyl/N-ethyl adjacent to an activating group) is 1. The second kappa shape index (κ2) is 6.06. The second-order valence-electron chi connectivity index (χ2n) is 3.57. The quantitative estimate of drug-likeness (QED) is 0.305. The summed E-state index contributed by atoms with van der Waals surface area (Å²) in [6.07, 6.45) is -0.689. The molecule has 7 nitrogen and oxygen atoms in total. The van der Waals surface area contributed by atoms with E-state index in [1.807, 2.05) is 0 Å². The standard InChI is InChI=1S/C9H18N4O3/c1-5(14)8(10)6(2)16-7(15)4-13(3)9(11)12/h6,8H,4,10H2,1-3H3,(H3,11,12). The molecule has 0 fully saturated rings. The van der Waals surface area contributed by atoms with Crippen molar-refractivity contribution in [3.8, 4) is 0 Å². The van der Waals surface area contributed by atoms with Crippen molar-refractivity contribution >= 4 is 17.7 Å². The summed E-state index contributed by atoms with van der Waals surface area (Å²) < 4.78 is 4.92. The second-order valence-corrected chi connectivity index (χ2v) is 3.57. The maximum absolute atomic E-state index is 11.3. The predicted molar refractivity (Wildman–Crippen MR) is 58.8 cm³/mol. The third kappa shape index (κ3) is 4.74. The molecule has 0 rings (SSSR count). The summed E-state index contributed by atoms with van der Waals surface area (Å²) in [6, 6.07) is -0.827. The molecule has 0 bridgehead atoms. The lowest BCUT2D eigenvalue weighted by Gasteiger charge is -2.20. The average Bonchev–Trinajstić information content (AvgIpc) is 2.15. The van der Waals surface area contributed by atoms with Crippen LogP contribution in [0.4, 0.5) is 0 Å². The van der Waals surface area contributed by atoms with Crippen LogP contribution < -0.4 is 11.5 Å². The van der Waals surface area contributed by atoms with E-state index in [2.05, 4.69) is 0 Å². The summed E-state index contributed by atoms with van der Waals surface area (Å²) in [5.74, 6) is -1.07. The number of ether oxygens (including phenoxy) is 1. The molecular weight excluding hydrogens is 212 g/mol. The molecule has 0 aliphatic carbocycles. The molecule has 0 aromatic carbocycles. The Morgan fingerprint density at radius 3 is 2.38 bits per heavy atom. The molecule has 0 spiro atoms. The van der Waals surface area contributed by atoms with E-state index in [0.717, 1.165) is 0 Å². The first-order valence-corrected chi connectivity index (χ1v) is 4.76. The fraction of sp³-hybridized carbons (Fsp3) is 0.667. The minimum atomic E-state index is -0.827. The zero-order valence-electron chi connectivity index (χ0n) is 9.69. The Hall–Kier alpha value is -1.63. The number of nitrogens with two attached hydrogens (primary N) is 2. The molecule has 0 radical (unpaired) electrons. The van der Waals surface area contributed by atoms with Gasteiger partial charge in [0.2, 0.25) is 0 Å². The summed E-state index contributed by atoms with van der Waals surface area (Å²) in [5, 5.41) is 7.05. The van der Waals surface area contributed by atoms with E-state index in [4.69, 9.17) is 21.6 Å². The van der Waals surface area contributed by atoms with Crippen LogP contribution in [-0.2, 0) is 14.3 Å². The van der Waals surface area contributed by atoms with Gasteiger partial charge in [-0.05, 0) is 13.8 Å². The Morgan fingerprint density at radius 1 is 1.50 bits per heavy atom. The lowest BCUT2D eigenvalue weighted by molar-refractivity contribution is -0.150. The zero-order chi connectivity index (χ0) is 12.9. The number of nitrogens with zero attached hydrogens (tertiary/aromatic N) is 1. The normalized spacial score (nSPS) is 13.8. The summed E-state index contributed by atoms with van der Waals surface area (Å²) in [4.78, 5) is 23.4. The van der Waals surface area contributed by atoms with Gasteiger partial charge in [0.15, 0.2) is 5.96 Å². The molecule has 0 amide bonds. The van der Waals surface area contributed by atoms with Crippen LogP contribution in [0.3, 0.4) is 0 Å². The van der Waals surface area contributed by atoms with Gasteiger partial charge in [0.1, 0.15) is 24.5 Å². The number of Topliss-reactive ketones (excluding diaryl/α,β-unsaturated/α-hetero) is 1. The highest BCUT2D eigenvalue weighted by Gasteiger charge is 2.21. The number of carbonyl (C=O) groups is 2. The Labute approximate surface area is 94.2 Å². The number of hydrogen-bond acceptors (Lipinski definition) is 5. The van der Waals surface area contributed by atoms with Crippen LogP contribution in [0.2, 0.25) is 0 Å². The zero-order valence-corrected chi connectivity index (χ0v) is 9.69. The number of carbonyl (C=O) groups excluding carboxylic acids is 2. The first-order chi connectivity index (χ1) is 7.25. The Morgan fingerprint density at radius 2 is 2.00 bits per heavy atom. The van der Waals surface area contributed by atoms with Gasteiger partial charge in [-0.2, -0.15) is 0 Å². The van der Waals surface area contributed by atoms with Gasteiger partial charge >= 0.3 is 5.97 Å². The van der Waals surface area contributed by atoms with Crippen molar-refractivity contribution in [1.82, 2.24) is 4.90 Å². The van der Waals surface area contributed by atoms with Gasteiger partial charge in [-0.25, -0.2) is 0 Å². The Balaban J connectivity index is 4.15. The highest BCUT2D eigenvalue weighted by Crippen LogP contribution is 1.99. The molecule has 0 aliphatic heterocycles. The fourth-order valence-electron chi connectivity index (χ4n) is 0.927. The number of esters is 1. The van der Waals surface area contributed by atoms with E-state index in [0.29, 0.717) is 0 Å². The molecule has 16 heavy (non-hydrogen) atoms. The van der Waals surface area contributed by atoms with Gasteiger partial charge in [-0.1, -0.05) is 0 Å². The molecule has 7 heteroatoms. The van der Waals surface area contributed by atoms with Crippen LogP contribution in [0.5, 0.6) is 0 Å². The van der Waals surface area contributed by atoms with Crippen molar-refractivity contribution in [2.24, 2.45) is 11.5 Å². The minimum absolute atomic E-state index is 0.149. The van der Waals surface area contributed by atoms with Crippen molar-refractivity contribution in [2.45, 2.75) is 26.0 Å². The highest BCUT2D eigenvalue weighted by molar-refractivity contribution is 5.83. The summed E-state index contributed by atoms with van der Waals surface area (Å²) in [5.41, 5.74) is 10.6. The highest BCUT2D eigenvalue weighted by atomic mass is 16.5. The van der Waals surface area contributed by atoms with E-state index < -0.39 is 18.1 Å². The van der Waals surface area contributed by atoms with Gasteiger partial charge in [-0.3, -0.25) is 15.0 Å². The largest absolute Gasteiger partial charge is 0.459 e. The van der Waals surface area contributed by atoms with Gasteiger partial charge in [0.25, 0.3) is 0 Å². The first kappa shape index (κ1) is 14.4. The number of rotatable bonds is 5. The van der Waals surface area contributed by atoms with Gasteiger partial charge < -0.3 is 21.1 Å². The van der Waals surface area contributed by atoms with Crippen LogP contribution in [0.25, 0.3) is 0 Å². The van der Waals surface area contributed by atoms with Crippen LogP contribution in [-0.4, -0.2) is 48.4 Å². The van der Waals surface area contributed by atoms with Crippen LogP contribution in [0, 0.1) is 5.41 Å². The minimum Gasteiger partial charge on any atom is -0.459 e.